The fourth-order valence-electron chi connectivity index (χ4n) is 3.37. The van der Waals surface area contributed by atoms with Crippen LogP contribution < -0.4 is 5.32 Å². The molecule has 154 valence electrons. The summed E-state index contributed by atoms with van der Waals surface area (Å²) in [6, 6.07) is 12.9. The van der Waals surface area contributed by atoms with Gasteiger partial charge in [0.05, 0.1) is 0 Å². The van der Waals surface area contributed by atoms with Crippen molar-refractivity contribution in [2.75, 3.05) is 5.32 Å². The zero-order chi connectivity index (χ0) is 21.6. The molecule has 1 N–H and O–H groups in total. The maximum absolute atomic E-state index is 14.2. The van der Waals surface area contributed by atoms with E-state index in [-0.39, 0.29) is 12.1 Å². The van der Waals surface area contributed by atoms with Crippen LogP contribution >= 0.6 is 11.6 Å². The number of anilines is 1. The molecular weight excluding hydrogens is 427 g/mol. The molecule has 4 rings (SSSR count). The molecule has 1 aliphatic rings. The van der Waals surface area contributed by atoms with Crippen molar-refractivity contribution in [2.24, 2.45) is 0 Å². The molecule has 1 atom stereocenters. The van der Waals surface area contributed by atoms with Crippen molar-refractivity contribution in [3.63, 3.8) is 0 Å². The lowest BCUT2D eigenvalue weighted by atomic mass is 10.1. The minimum absolute atomic E-state index is 0.0553. The third-order valence-electron chi connectivity index (χ3n) is 4.85. The average molecular weight is 439 g/mol. The van der Waals surface area contributed by atoms with E-state index >= 15 is 0 Å². The number of hydrogen-bond acceptors (Lipinski definition) is 2. The van der Waals surface area contributed by atoms with Crippen LogP contribution in [-0.2, 0) is 6.54 Å². The van der Waals surface area contributed by atoms with Crippen molar-refractivity contribution in [3.05, 3.63) is 99.3 Å². The summed E-state index contributed by atoms with van der Waals surface area (Å²) in [6.45, 7) is -0.0553. The Bertz CT molecular complexity index is 1140. The minimum atomic E-state index is -2.26. The lowest BCUT2D eigenvalue weighted by Gasteiger charge is -2.28. The third-order valence-corrected chi connectivity index (χ3v) is 5.22. The lowest BCUT2D eigenvalue weighted by Crippen LogP contribution is -2.32. The number of nitrogens with zero attached hydrogens (tertiary/aromatic N) is 1. The summed E-state index contributed by atoms with van der Waals surface area (Å²) in [5.74, 6) is -10.9. The highest BCUT2D eigenvalue weighted by atomic mass is 35.5. The molecule has 0 saturated heterocycles. The van der Waals surface area contributed by atoms with E-state index in [0.717, 1.165) is 0 Å². The van der Waals surface area contributed by atoms with Crippen LogP contribution in [0.3, 0.4) is 0 Å². The molecule has 1 unspecified atom stereocenters. The number of carbonyl (C=O) groups excluding carboxylic acids is 1. The highest BCUT2D eigenvalue weighted by Crippen LogP contribution is 2.38. The number of rotatable bonds is 4. The molecule has 9 heteroatoms. The van der Waals surface area contributed by atoms with Gasteiger partial charge in [-0.15, -0.1) is 0 Å². The van der Waals surface area contributed by atoms with Gasteiger partial charge in [0.1, 0.15) is 11.9 Å². The Balaban J connectivity index is 1.80. The molecule has 1 amide bonds. The molecule has 0 aromatic heterocycles. The van der Waals surface area contributed by atoms with E-state index in [1.165, 1.54) is 17.0 Å². The zero-order valence-electron chi connectivity index (χ0n) is 15.0. The topological polar surface area (TPSA) is 32.3 Å². The fraction of sp³-hybridized carbons (Fsp3) is 0.0952. The quantitative estimate of drug-likeness (QED) is 0.317. The van der Waals surface area contributed by atoms with Crippen LogP contribution in [0.1, 0.15) is 27.7 Å². The molecule has 0 fully saturated rings. The van der Waals surface area contributed by atoms with Gasteiger partial charge < -0.3 is 10.2 Å². The molecule has 30 heavy (non-hydrogen) atoms. The molecule has 0 saturated carbocycles. The maximum Gasteiger partial charge on any atom is 0.256 e. The number of halogens is 6. The fourth-order valence-corrected chi connectivity index (χ4v) is 3.56. The van der Waals surface area contributed by atoms with Gasteiger partial charge in [-0.05, 0) is 17.7 Å². The predicted molar refractivity (Wildman–Crippen MR) is 100 cm³/mol. The SMILES string of the molecule is O=C1c2ccccc2C(Nc2c(F)c(F)c(F)c(F)c2F)N1Cc1ccccc1Cl. The summed E-state index contributed by atoms with van der Waals surface area (Å²) in [5, 5.41) is 2.69. The number of hydrogen-bond donors (Lipinski definition) is 1. The van der Waals surface area contributed by atoms with E-state index in [4.69, 9.17) is 11.6 Å². The first kappa shape index (κ1) is 20.2. The van der Waals surface area contributed by atoms with Crippen molar-refractivity contribution < 1.29 is 26.7 Å². The molecule has 3 aromatic rings. The van der Waals surface area contributed by atoms with Crippen LogP contribution in [0, 0.1) is 29.1 Å². The highest BCUT2D eigenvalue weighted by molar-refractivity contribution is 6.31. The Labute approximate surface area is 172 Å². The first-order valence-corrected chi connectivity index (χ1v) is 9.10. The number of nitrogens with one attached hydrogen (secondary N) is 1. The van der Waals surface area contributed by atoms with E-state index in [0.29, 0.717) is 16.1 Å². The smallest absolute Gasteiger partial charge is 0.256 e. The number of fused-ring (bicyclic) bond motifs is 1. The van der Waals surface area contributed by atoms with Gasteiger partial charge in [-0.25, -0.2) is 22.0 Å². The average Bonchev–Trinajstić information content (AvgIpc) is 3.01. The van der Waals surface area contributed by atoms with E-state index in [1.54, 1.807) is 36.4 Å². The molecule has 3 aromatic carbocycles. The van der Waals surface area contributed by atoms with Crippen LogP contribution in [0.25, 0.3) is 0 Å². The molecular formula is C21H12ClF5N2O. The highest BCUT2D eigenvalue weighted by Gasteiger charge is 2.38. The minimum Gasteiger partial charge on any atom is -0.356 e. The largest absolute Gasteiger partial charge is 0.356 e. The molecule has 3 nitrogen and oxygen atoms in total. The second-order valence-corrected chi connectivity index (χ2v) is 7.01. The van der Waals surface area contributed by atoms with E-state index in [1.807, 2.05) is 0 Å². The molecule has 0 aliphatic carbocycles. The van der Waals surface area contributed by atoms with Crippen LogP contribution in [-0.4, -0.2) is 10.8 Å². The standard InChI is InChI=1S/C21H12ClF5N2O/c22-13-8-4-1-5-10(13)9-29-20(11-6-2-3-7-12(11)21(29)30)28-19-17(26)15(24)14(23)16(25)18(19)27/h1-8,20,28H,9H2. The van der Waals surface area contributed by atoms with Crippen molar-refractivity contribution in [1.29, 1.82) is 0 Å². The summed E-state index contributed by atoms with van der Waals surface area (Å²) in [6.07, 6.45) is -1.18. The maximum atomic E-state index is 14.2. The molecule has 0 spiro atoms. The first-order valence-electron chi connectivity index (χ1n) is 8.72. The second kappa shape index (κ2) is 7.60. The van der Waals surface area contributed by atoms with Gasteiger partial charge in [-0.2, -0.15) is 0 Å². The van der Waals surface area contributed by atoms with E-state index < -0.39 is 46.8 Å². The van der Waals surface area contributed by atoms with Crippen LogP contribution in [0.5, 0.6) is 0 Å². The van der Waals surface area contributed by atoms with Crippen molar-refractivity contribution in [3.8, 4) is 0 Å². The van der Waals surface area contributed by atoms with Crippen LogP contribution in [0.15, 0.2) is 48.5 Å². The monoisotopic (exact) mass is 438 g/mol. The zero-order valence-corrected chi connectivity index (χ0v) is 15.8. The number of carbonyl (C=O) groups is 1. The second-order valence-electron chi connectivity index (χ2n) is 6.60. The van der Waals surface area contributed by atoms with Crippen molar-refractivity contribution in [1.82, 2.24) is 4.90 Å². The molecule has 0 radical (unpaired) electrons. The van der Waals surface area contributed by atoms with Gasteiger partial charge in [0.2, 0.25) is 5.82 Å². The number of amides is 1. The molecule has 0 bridgehead atoms. The Morgan fingerprint density at radius 3 is 2.07 bits per heavy atom. The van der Waals surface area contributed by atoms with Gasteiger partial charge in [0, 0.05) is 22.7 Å². The Kier molecular flexibility index (Phi) is 5.11. The van der Waals surface area contributed by atoms with Gasteiger partial charge in [0.15, 0.2) is 23.3 Å². The Hall–Kier alpha value is -3.13. The first-order chi connectivity index (χ1) is 14.3. The van der Waals surface area contributed by atoms with Crippen molar-refractivity contribution in [2.45, 2.75) is 12.7 Å². The predicted octanol–water partition coefficient (Wildman–Crippen LogP) is 5.80. The van der Waals surface area contributed by atoms with Gasteiger partial charge in [-0.1, -0.05) is 48.0 Å². The lowest BCUT2D eigenvalue weighted by molar-refractivity contribution is 0.0728. The summed E-state index contributed by atoms with van der Waals surface area (Å²) in [4.78, 5) is 14.1. The molecule has 1 aliphatic heterocycles. The Morgan fingerprint density at radius 1 is 0.833 bits per heavy atom. The molecule has 1 heterocycles. The number of benzene rings is 3. The summed E-state index contributed by atoms with van der Waals surface area (Å²) >= 11 is 6.16. The van der Waals surface area contributed by atoms with Gasteiger partial charge >= 0.3 is 0 Å². The van der Waals surface area contributed by atoms with Gasteiger partial charge in [0.25, 0.3) is 5.91 Å². The van der Waals surface area contributed by atoms with E-state index in [9.17, 15) is 26.7 Å². The van der Waals surface area contributed by atoms with Crippen LogP contribution in [0.2, 0.25) is 5.02 Å². The van der Waals surface area contributed by atoms with E-state index in [2.05, 4.69) is 5.32 Å². The summed E-state index contributed by atoms with van der Waals surface area (Å²) in [5.41, 5.74) is -0.0981. The van der Waals surface area contributed by atoms with Crippen molar-refractivity contribution >= 4 is 23.2 Å². The van der Waals surface area contributed by atoms with Crippen LogP contribution in [0.4, 0.5) is 27.6 Å². The summed E-state index contributed by atoms with van der Waals surface area (Å²) < 4.78 is 69.2. The third kappa shape index (κ3) is 3.17. The normalized spacial score (nSPS) is 15.5. The van der Waals surface area contributed by atoms with Gasteiger partial charge in [-0.3, -0.25) is 4.79 Å². The Morgan fingerprint density at radius 2 is 1.40 bits per heavy atom. The summed E-state index contributed by atoms with van der Waals surface area (Å²) in [7, 11) is 0.